The van der Waals surface area contributed by atoms with Crippen molar-refractivity contribution in [1.29, 1.82) is 0 Å². The summed E-state index contributed by atoms with van der Waals surface area (Å²) in [6, 6.07) is 7.29. The quantitative estimate of drug-likeness (QED) is 0.843. The topological polar surface area (TPSA) is 55.6 Å². The molecule has 1 saturated heterocycles. The van der Waals surface area contributed by atoms with Crippen LogP contribution in [0, 0.1) is 11.8 Å². The SMILES string of the molecule is CN(CC1CCCO1)C(=O)c1ccc(C#CCN)cc1. The second-order valence-electron chi connectivity index (χ2n) is 4.90. The van der Waals surface area contributed by atoms with Crippen molar-refractivity contribution < 1.29 is 9.53 Å². The fourth-order valence-electron chi connectivity index (χ4n) is 2.25. The third kappa shape index (κ3) is 3.83. The second kappa shape index (κ2) is 7.09. The largest absolute Gasteiger partial charge is 0.376 e. The summed E-state index contributed by atoms with van der Waals surface area (Å²) in [5, 5.41) is 0. The molecule has 1 aliphatic rings. The van der Waals surface area contributed by atoms with Crippen LogP contribution >= 0.6 is 0 Å². The molecule has 4 heteroatoms. The van der Waals surface area contributed by atoms with E-state index in [2.05, 4.69) is 11.8 Å². The number of carbonyl (C=O) groups is 1. The first-order valence-electron chi connectivity index (χ1n) is 6.87. The maximum Gasteiger partial charge on any atom is 0.253 e. The van der Waals surface area contributed by atoms with E-state index < -0.39 is 0 Å². The van der Waals surface area contributed by atoms with E-state index >= 15 is 0 Å². The number of carbonyl (C=O) groups excluding carboxylic acids is 1. The van der Waals surface area contributed by atoms with E-state index in [1.54, 1.807) is 17.0 Å². The molecule has 2 N–H and O–H groups in total. The first-order valence-corrected chi connectivity index (χ1v) is 6.87. The Balaban J connectivity index is 1.97. The van der Waals surface area contributed by atoms with Gasteiger partial charge in [-0.1, -0.05) is 11.8 Å². The molecular formula is C16H20N2O2. The summed E-state index contributed by atoms with van der Waals surface area (Å²) < 4.78 is 5.55. The summed E-state index contributed by atoms with van der Waals surface area (Å²) in [4.78, 5) is 14.0. The van der Waals surface area contributed by atoms with E-state index in [0.717, 1.165) is 25.0 Å². The highest BCUT2D eigenvalue weighted by Crippen LogP contribution is 2.14. The van der Waals surface area contributed by atoms with Gasteiger partial charge < -0.3 is 15.4 Å². The monoisotopic (exact) mass is 272 g/mol. The van der Waals surface area contributed by atoms with Gasteiger partial charge >= 0.3 is 0 Å². The first kappa shape index (κ1) is 14.6. The third-order valence-corrected chi connectivity index (χ3v) is 3.31. The van der Waals surface area contributed by atoms with Gasteiger partial charge in [0.25, 0.3) is 5.91 Å². The van der Waals surface area contributed by atoms with Crippen molar-refractivity contribution >= 4 is 5.91 Å². The fourth-order valence-corrected chi connectivity index (χ4v) is 2.25. The summed E-state index contributed by atoms with van der Waals surface area (Å²) in [6.45, 7) is 1.79. The lowest BCUT2D eigenvalue weighted by Gasteiger charge is -2.20. The first-order chi connectivity index (χ1) is 9.70. The predicted molar refractivity (Wildman–Crippen MR) is 78.3 cm³/mol. The number of hydrogen-bond acceptors (Lipinski definition) is 3. The molecule has 1 heterocycles. The van der Waals surface area contributed by atoms with E-state index in [4.69, 9.17) is 10.5 Å². The van der Waals surface area contributed by atoms with Crippen LogP contribution in [0.3, 0.4) is 0 Å². The van der Waals surface area contributed by atoms with Gasteiger partial charge in [0.05, 0.1) is 12.6 Å². The molecule has 20 heavy (non-hydrogen) atoms. The Morgan fingerprint density at radius 2 is 2.20 bits per heavy atom. The summed E-state index contributed by atoms with van der Waals surface area (Å²) in [7, 11) is 1.81. The van der Waals surface area contributed by atoms with Gasteiger partial charge in [-0.2, -0.15) is 0 Å². The minimum Gasteiger partial charge on any atom is -0.376 e. The lowest BCUT2D eigenvalue weighted by molar-refractivity contribution is 0.0587. The van der Waals surface area contributed by atoms with Crippen LogP contribution in [0.15, 0.2) is 24.3 Å². The van der Waals surface area contributed by atoms with Crippen molar-refractivity contribution in [3.63, 3.8) is 0 Å². The smallest absolute Gasteiger partial charge is 0.253 e. The van der Waals surface area contributed by atoms with Crippen molar-refractivity contribution in [3.8, 4) is 11.8 Å². The van der Waals surface area contributed by atoms with Crippen LogP contribution in [0.4, 0.5) is 0 Å². The highest BCUT2D eigenvalue weighted by Gasteiger charge is 2.20. The highest BCUT2D eigenvalue weighted by atomic mass is 16.5. The number of nitrogens with zero attached hydrogens (tertiary/aromatic N) is 1. The zero-order chi connectivity index (χ0) is 14.4. The molecule has 4 nitrogen and oxygen atoms in total. The van der Waals surface area contributed by atoms with Crippen LogP contribution in [0.2, 0.25) is 0 Å². The number of ether oxygens (including phenoxy) is 1. The molecule has 1 aromatic rings. The number of amides is 1. The molecule has 0 spiro atoms. The van der Waals surface area contributed by atoms with Crippen molar-refractivity contribution in [2.75, 3.05) is 26.7 Å². The van der Waals surface area contributed by atoms with Crippen LogP contribution in [0.1, 0.15) is 28.8 Å². The summed E-state index contributed by atoms with van der Waals surface area (Å²) in [5.41, 5.74) is 6.87. The van der Waals surface area contributed by atoms with Crippen LogP contribution in [-0.4, -0.2) is 43.7 Å². The number of likely N-dealkylation sites (N-methyl/N-ethyl adjacent to an activating group) is 1. The van der Waals surface area contributed by atoms with Gasteiger partial charge in [0, 0.05) is 31.3 Å². The normalized spacial score (nSPS) is 17.4. The molecule has 0 aliphatic carbocycles. The minimum absolute atomic E-state index is 0.0128. The molecule has 0 radical (unpaired) electrons. The van der Waals surface area contributed by atoms with Crippen LogP contribution in [-0.2, 0) is 4.74 Å². The summed E-state index contributed by atoms with van der Waals surface area (Å²) in [5.74, 6) is 5.74. The Kier molecular flexibility index (Phi) is 5.16. The molecule has 0 saturated carbocycles. The number of hydrogen-bond donors (Lipinski definition) is 1. The highest BCUT2D eigenvalue weighted by molar-refractivity contribution is 5.94. The van der Waals surface area contributed by atoms with E-state index in [-0.39, 0.29) is 12.0 Å². The van der Waals surface area contributed by atoms with Gasteiger partial charge in [-0.25, -0.2) is 0 Å². The van der Waals surface area contributed by atoms with Gasteiger partial charge in [-0.3, -0.25) is 4.79 Å². The van der Waals surface area contributed by atoms with Gasteiger partial charge in [0.1, 0.15) is 0 Å². The van der Waals surface area contributed by atoms with Crippen molar-refractivity contribution in [1.82, 2.24) is 4.90 Å². The molecule has 0 aromatic heterocycles. The van der Waals surface area contributed by atoms with E-state index in [9.17, 15) is 4.79 Å². The number of rotatable bonds is 3. The van der Waals surface area contributed by atoms with Gasteiger partial charge in [-0.15, -0.1) is 0 Å². The second-order valence-corrected chi connectivity index (χ2v) is 4.90. The average molecular weight is 272 g/mol. The molecule has 1 atom stereocenters. The fraction of sp³-hybridized carbons (Fsp3) is 0.438. The van der Waals surface area contributed by atoms with E-state index in [0.29, 0.717) is 18.7 Å². The van der Waals surface area contributed by atoms with Gasteiger partial charge in [0.15, 0.2) is 0 Å². The molecule has 106 valence electrons. The van der Waals surface area contributed by atoms with Crippen LogP contribution < -0.4 is 5.73 Å². The zero-order valence-electron chi connectivity index (χ0n) is 11.8. The maximum absolute atomic E-state index is 12.3. The summed E-state index contributed by atoms with van der Waals surface area (Å²) in [6.07, 6.45) is 2.30. The van der Waals surface area contributed by atoms with Gasteiger partial charge in [-0.05, 0) is 37.1 Å². The van der Waals surface area contributed by atoms with E-state index in [1.165, 1.54) is 0 Å². The number of benzene rings is 1. The lowest BCUT2D eigenvalue weighted by Crippen LogP contribution is -2.34. The Labute approximate surface area is 119 Å². The standard InChI is InChI=1S/C16H20N2O2/c1-18(12-15-5-3-11-20-15)16(19)14-8-6-13(7-9-14)4-2-10-17/h6-9,15H,3,5,10-12,17H2,1H3. The maximum atomic E-state index is 12.3. The molecule has 1 aliphatic heterocycles. The summed E-state index contributed by atoms with van der Waals surface area (Å²) >= 11 is 0. The van der Waals surface area contributed by atoms with Gasteiger partial charge in [0.2, 0.25) is 0 Å². The lowest BCUT2D eigenvalue weighted by atomic mass is 10.1. The van der Waals surface area contributed by atoms with Crippen LogP contribution in [0.5, 0.6) is 0 Å². The molecule has 1 unspecified atom stereocenters. The van der Waals surface area contributed by atoms with Crippen LogP contribution in [0.25, 0.3) is 0 Å². The third-order valence-electron chi connectivity index (χ3n) is 3.31. The minimum atomic E-state index is 0.0128. The van der Waals surface area contributed by atoms with Crippen molar-refractivity contribution in [3.05, 3.63) is 35.4 Å². The number of nitrogens with two attached hydrogens (primary N) is 1. The molecular weight excluding hydrogens is 252 g/mol. The molecule has 0 bridgehead atoms. The zero-order valence-corrected chi connectivity index (χ0v) is 11.8. The van der Waals surface area contributed by atoms with Crippen molar-refractivity contribution in [2.45, 2.75) is 18.9 Å². The predicted octanol–water partition coefficient (Wildman–Crippen LogP) is 1.25. The Bertz CT molecular complexity index is 508. The average Bonchev–Trinajstić information content (AvgIpc) is 2.97. The molecule has 2 rings (SSSR count). The molecule has 1 fully saturated rings. The Morgan fingerprint density at radius 3 is 2.80 bits per heavy atom. The Morgan fingerprint density at radius 1 is 1.45 bits per heavy atom. The Hall–Kier alpha value is -1.83. The molecule has 1 aromatic carbocycles. The van der Waals surface area contributed by atoms with Crippen molar-refractivity contribution in [2.24, 2.45) is 5.73 Å². The molecule has 1 amide bonds. The van der Waals surface area contributed by atoms with E-state index in [1.807, 2.05) is 19.2 Å².